The Labute approximate surface area is 138 Å². The number of carbonyl (C=O) groups is 3. The molecule has 0 aliphatic carbocycles. The van der Waals surface area contributed by atoms with Crippen molar-refractivity contribution in [2.45, 2.75) is 18.4 Å². The van der Waals surface area contributed by atoms with Crippen LogP contribution in [0, 0.1) is 20.2 Å². The molecule has 0 fully saturated rings. The molecule has 4 N–H and O–H groups in total. The highest BCUT2D eigenvalue weighted by molar-refractivity contribution is 5.88. The van der Waals surface area contributed by atoms with Crippen molar-refractivity contribution in [1.29, 1.82) is 0 Å². The molecule has 0 radical (unpaired) electrons. The van der Waals surface area contributed by atoms with E-state index in [0.29, 0.717) is 0 Å². The number of carboxylic acid groups (broad SMARTS) is 3. The van der Waals surface area contributed by atoms with E-state index in [0.717, 1.165) is 12.1 Å². The molecule has 0 unspecified atom stereocenters. The molecule has 136 valence electrons. The van der Waals surface area contributed by atoms with Crippen LogP contribution in [0.15, 0.2) is 24.3 Å². The van der Waals surface area contributed by atoms with Crippen molar-refractivity contribution in [3.63, 3.8) is 0 Å². The fourth-order valence-corrected chi connectivity index (χ4v) is 1.49. The highest BCUT2D eigenvalue weighted by atomic mass is 16.6. The lowest BCUT2D eigenvalue weighted by atomic mass is 9.96. The lowest BCUT2D eigenvalue weighted by molar-refractivity contribution is -0.422. The Balaban J connectivity index is 0.000000462. The van der Waals surface area contributed by atoms with Crippen LogP contribution in [0.5, 0.6) is 0 Å². The van der Waals surface area contributed by atoms with Crippen LogP contribution in [0.25, 0.3) is 0 Å². The molecule has 0 amide bonds. The van der Waals surface area contributed by atoms with E-state index in [9.17, 15) is 34.6 Å². The molecule has 0 bridgehead atoms. The Morgan fingerprint density at radius 1 is 0.880 bits per heavy atom. The fourth-order valence-electron chi connectivity index (χ4n) is 1.49. The zero-order valence-corrected chi connectivity index (χ0v) is 12.3. The van der Waals surface area contributed by atoms with Gasteiger partial charge in [0, 0.05) is 12.1 Å². The molecule has 0 aliphatic heterocycles. The highest BCUT2D eigenvalue weighted by Gasteiger charge is 2.40. The molecule has 0 spiro atoms. The molecule has 1 aromatic rings. The summed E-state index contributed by atoms with van der Waals surface area (Å²) in [7, 11) is 0. The van der Waals surface area contributed by atoms with Gasteiger partial charge in [-0.25, -0.2) is 4.79 Å². The third-order valence-corrected chi connectivity index (χ3v) is 2.56. The maximum Gasteiger partial charge on any atom is 0.346 e. The first-order valence-corrected chi connectivity index (χ1v) is 6.18. The molecule has 0 saturated carbocycles. The van der Waals surface area contributed by atoms with Crippen molar-refractivity contribution in [2.24, 2.45) is 0 Å². The normalized spacial score (nSPS) is 10.1. The van der Waals surface area contributed by atoms with Crippen molar-refractivity contribution >= 4 is 29.3 Å². The fraction of sp³-hybridized carbons (Fsp3) is 0.250. The Hall–Kier alpha value is -3.61. The monoisotopic (exact) mass is 360 g/mol. The van der Waals surface area contributed by atoms with Crippen LogP contribution in [-0.4, -0.2) is 53.8 Å². The Morgan fingerprint density at radius 3 is 1.40 bits per heavy atom. The summed E-state index contributed by atoms with van der Waals surface area (Å²) in [6.45, 7) is 0. The summed E-state index contributed by atoms with van der Waals surface area (Å²) in [5.41, 5.74) is -3.71. The molecule has 0 atom stereocenters. The van der Waals surface area contributed by atoms with Gasteiger partial charge in [0.1, 0.15) is 0 Å². The predicted octanol–water partition coefficient (Wildman–Crippen LogP) is 0.255. The highest BCUT2D eigenvalue weighted by Crippen LogP contribution is 2.24. The number of hydrogen-bond acceptors (Lipinski definition) is 8. The van der Waals surface area contributed by atoms with Gasteiger partial charge in [0.2, 0.25) is 0 Å². The van der Waals surface area contributed by atoms with Gasteiger partial charge in [-0.3, -0.25) is 29.8 Å². The van der Waals surface area contributed by atoms with Gasteiger partial charge in [0.25, 0.3) is 0 Å². The summed E-state index contributed by atoms with van der Waals surface area (Å²) >= 11 is 0. The first-order chi connectivity index (χ1) is 11.4. The molecule has 1 aromatic carbocycles. The molecule has 0 saturated heterocycles. The number of hydrogen-bond donors (Lipinski definition) is 4. The summed E-state index contributed by atoms with van der Waals surface area (Å²) in [5.74, 6) is -5.02. The summed E-state index contributed by atoms with van der Waals surface area (Å²) in [6, 6.07) is 4.95. The quantitative estimate of drug-likeness (QED) is 0.381. The lowest BCUT2D eigenvalue weighted by Gasteiger charge is -2.18. The minimum Gasteiger partial charge on any atom is -0.481 e. The molecular weight excluding hydrogens is 348 g/mol. The SMILES string of the molecule is O=C(O)CC(O)(CC(=O)O)C(=O)O.O=[N+]([O-])c1ccccc1[N+](=O)[O-]. The summed E-state index contributed by atoms with van der Waals surface area (Å²) in [6.07, 6.45) is -2.29. The molecular formula is C12H12N2O11. The number of nitrogens with zero attached hydrogens (tertiary/aromatic N) is 2. The van der Waals surface area contributed by atoms with Gasteiger partial charge < -0.3 is 20.4 Å². The summed E-state index contributed by atoms with van der Waals surface area (Å²) in [4.78, 5) is 49.4. The van der Waals surface area contributed by atoms with E-state index < -0.39 is 57.6 Å². The molecule has 13 heteroatoms. The number of benzene rings is 1. The minimum atomic E-state index is -2.74. The van der Waals surface area contributed by atoms with E-state index in [1.165, 1.54) is 12.1 Å². The van der Waals surface area contributed by atoms with Crippen LogP contribution in [0.3, 0.4) is 0 Å². The van der Waals surface area contributed by atoms with E-state index in [1.54, 1.807) is 0 Å². The molecule has 13 nitrogen and oxygen atoms in total. The molecule has 0 aliphatic rings. The topological polar surface area (TPSA) is 218 Å². The smallest absolute Gasteiger partial charge is 0.346 e. The number of nitro groups is 2. The van der Waals surface area contributed by atoms with Gasteiger partial charge >= 0.3 is 29.3 Å². The second-order valence-corrected chi connectivity index (χ2v) is 4.48. The van der Waals surface area contributed by atoms with Gasteiger partial charge in [0.05, 0.1) is 22.7 Å². The number of aliphatic carboxylic acids is 3. The van der Waals surface area contributed by atoms with E-state index in [4.69, 9.17) is 20.4 Å². The summed E-state index contributed by atoms with van der Waals surface area (Å²) in [5, 5.41) is 54.3. The zero-order chi connectivity index (χ0) is 19.8. The molecule has 0 aromatic heterocycles. The van der Waals surface area contributed by atoms with Crippen molar-refractivity contribution < 1.29 is 44.7 Å². The second-order valence-electron chi connectivity index (χ2n) is 4.48. The average molecular weight is 360 g/mol. The number of rotatable bonds is 7. The Bertz CT molecular complexity index is 651. The van der Waals surface area contributed by atoms with Crippen LogP contribution in [0.4, 0.5) is 11.4 Å². The Morgan fingerprint density at radius 2 is 1.20 bits per heavy atom. The lowest BCUT2D eigenvalue weighted by Crippen LogP contribution is -2.42. The Kier molecular flexibility index (Phi) is 7.59. The van der Waals surface area contributed by atoms with Crippen molar-refractivity contribution in [1.82, 2.24) is 0 Å². The van der Waals surface area contributed by atoms with Gasteiger partial charge in [-0.05, 0) is 0 Å². The van der Waals surface area contributed by atoms with Crippen molar-refractivity contribution in [3.05, 3.63) is 44.5 Å². The van der Waals surface area contributed by atoms with Crippen LogP contribution < -0.4 is 0 Å². The predicted molar refractivity (Wildman–Crippen MR) is 76.8 cm³/mol. The van der Waals surface area contributed by atoms with Gasteiger partial charge in [0.15, 0.2) is 5.60 Å². The first-order valence-electron chi connectivity index (χ1n) is 6.18. The maximum absolute atomic E-state index is 10.3. The van der Waals surface area contributed by atoms with E-state index in [-0.39, 0.29) is 0 Å². The third-order valence-electron chi connectivity index (χ3n) is 2.56. The molecule has 1 rings (SSSR count). The van der Waals surface area contributed by atoms with Gasteiger partial charge in [-0.15, -0.1) is 0 Å². The van der Waals surface area contributed by atoms with Gasteiger partial charge in [-0.2, -0.15) is 0 Å². The zero-order valence-electron chi connectivity index (χ0n) is 12.3. The maximum atomic E-state index is 10.3. The van der Waals surface area contributed by atoms with Crippen LogP contribution in [0.2, 0.25) is 0 Å². The van der Waals surface area contributed by atoms with Crippen LogP contribution in [-0.2, 0) is 14.4 Å². The number of carboxylic acids is 3. The largest absolute Gasteiger partial charge is 0.481 e. The molecule has 0 heterocycles. The van der Waals surface area contributed by atoms with Gasteiger partial charge in [-0.1, -0.05) is 12.1 Å². The first kappa shape index (κ1) is 21.4. The van der Waals surface area contributed by atoms with Crippen molar-refractivity contribution in [2.75, 3.05) is 0 Å². The van der Waals surface area contributed by atoms with Crippen molar-refractivity contribution in [3.8, 4) is 0 Å². The van der Waals surface area contributed by atoms with Crippen LogP contribution in [0.1, 0.15) is 12.8 Å². The number of aliphatic hydroxyl groups is 1. The van der Waals surface area contributed by atoms with E-state index in [2.05, 4.69) is 0 Å². The summed E-state index contributed by atoms with van der Waals surface area (Å²) < 4.78 is 0. The minimum absolute atomic E-state index is 0.484. The third kappa shape index (κ3) is 7.00. The standard InChI is InChI=1S/C6H4N2O4.C6H8O7/c9-7(10)5-3-1-2-4-6(5)8(11)12;7-3(8)1-6(13,5(11)12)2-4(9)10/h1-4H;13H,1-2H2,(H,7,8)(H,9,10)(H,11,12). The molecule has 25 heavy (non-hydrogen) atoms. The second kappa shape index (κ2) is 8.88. The average Bonchev–Trinajstić information content (AvgIpc) is 2.45. The van der Waals surface area contributed by atoms with E-state index >= 15 is 0 Å². The van der Waals surface area contributed by atoms with E-state index in [1.807, 2.05) is 0 Å². The number of para-hydroxylation sites is 2. The van der Waals surface area contributed by atoms with Crippen LogP contribution >= 0.6 is 0 Å². The number of nitro benzene ring substituents is 2.